The average molecular weight is 234 g/mol. The number of nitrogens with zero attached hydrogens (tertiary/aromatic N) is 3. The van der Waals surface area contributed by atoms with Crippen molar-refractivity contribution in [2.24, 2.45) is 0 Å². The van der Waals surface area contributed by atoms with Crippen molar-refractivity contribution >= 4 is 17.8 Å². The van der Waals surface area contributed by atoms with Crippen molar-refractivity contribution in [3.05, 3.63) is 35.6 Å². The molecule has 0 amide bonds. The van der Waals surface area contributed by atoms with Crippen LogP contribution in [0.3, 0.4) is 0 Å². The number of hydrogen-bond acceptors (Lipinski definition) is 6. The zero-order valence-corrected chi connectivity index (χ0v) is 8.89. The molecular formula is C10H11FN6. The van der Waals surface area contributed by atoms with Gasteiger partial charge in [0.1, 0.15) is 5.82 Å². The Kier molecular flexibility index (Phi) is 2.99. The maximum atomic E-state index is 12.7. The minimum atomic E-state index is -0.276. The topological polar surface area (TPSA) is 103 Å². The van der Waals surface area contributed by atoms with Gasteiger partial charge < -0.3 is 16.8 Å². The van der Waals surface area contributed by atoms with Crippen molar-refractivity contribution < 1.29 is 4.39 Å². The van der Waals surface area contributed by atoms with Crippen LogP contribution in [0.4, 0.5) is 22.2 Å². The lowest BCUT2D eigenvalue weighted by atomic mass is 10.2. The summed E-state index contributed by atoms with van der Waals surface area (Å²) in [4.78, 5) is 11.4. The highest BCUT2D eigenvalue weighted by atomic mass is 19.1. The van der Waals surface area contributed by atoms with Gasteiger partial charge in [-0.05, 0) is 17.7 Å². The Hall–Kier alpha value is -2.44. The second-order valence-corrected chi connectivity index (χ2v) is 3.36. The number of nitrogens with two attached hydrogens (primary N) is 2. The molecule has 0 saturated heterocycles. The normalized spacial score (nSPS) is 10.2. The lowest BCUT2D eigenvalue weighted by Gasteiger charge is -2.05. The molecule has 5 N–H and O–H groups in total. The van der Waals surface area contributed by atoms with E-state index in [-0.39, 0.29) is 17.7 Å². The number of halogens is 1. The number of benzene rings is 1. The van der Waals surface area contributed by atoms with Gasteiger partial charge in [0.2, 0.25) is 17.8 Å². The highest BCUT2D eigenvalue weighted by Gasteiger charge is 2.01. The zero-order valence-electron chi connectivity index (χ0n) is 8.89. The second-order valence-electron chi connectivity index (χ2n) is 3.36. The Labute approximate surface area is 96.9 Å². The first kappa shape index (κ1) is 11.1. The van der Waals surface area contributed by atoms with E-state index in [2.05, 4.69) is 20.3 Å². The van der Waals surface area contributed by atoms with E-state index in [4.69, 9.17) is 11.5 Å². The van der Waals surface area contributed by atoms with Gasteiger partial charge in [-0.1, -0.05) is 12.1 Å². The lowest BCUT2D eigenvalue weighted by Crippen LogP contribution is -2.09. The van der Waals surface area contributed by atoms with E-state index < -0.39 is 0 Å². The lowest BCUT2D eigenvalue weighted by molar-refractivity contribution is 0.627. The summed E-state index contributed by atoms with van der Waals surface area (Å²) in [6.45, 7) is 0.448. The van der Waals surface area contributed by atoms with Gasteiger partial charge in [0.05, 0.1) is 0 Å². The second kappa shape index (κ2) is 4.60. The van der Waals surface area contributed by atoms with Crippen molar-refractivity contribution in [3.8, 4) is 0 Å². The number of hydrogen-bond donors (Lipinski definition) is 3. The van der Waals surface area contributed by atoms with Crippen molar-refractivity contribution in [2.45, 2.75) is 6.54 Å². The third kappa shape index (κ3) is 3.00. The van der Waals surface area contributed by atoms with Crippen LogP contribution in [-0.4, -0.2) is 15.0 Å². The monoisotopic (exact) mass is 234 g/mol. The molecule has 2 aromatic rings. The molecule has 1 aromatic carbocycles. The van der Waals surface area contributed by atoms with Gasteiger partial charge in [-0.2, -0.15) is 15.0 Å². The van der Waals surface area contributed by atoms with Gasteiger partial charge in [0.15, 0.2) is 0 Å². The Morgan fingerprint density at radius 1 is 1.00 bits per heavy atom. The molecule has 7 heteroatoms. The number of anilines is 3. The van der Waals surface area contributed by atoms with Crippen LogP contribution >= 0.6 is 0 Å². The van der Waals surface area contributed by atoms with E-state index in [9.17, 15) is 4.39 Å². The highest BCUT2D eigenvalue weighted by Crippen LogP contribution is 2.07. The summed E-state index contributed by atoms with van der Waals surface area (Å²) >= 11 is 0. The van der Waals surface area contributed by atoms with Gasteiger partial charge in [0, 0.05) is 6.54 Å². The molecule has 2 rings (SSSR count). The highest BCUT2D eigenvalue weighted by molar-refractivity contribution is 5.37. The van der Waals surface area contributed by atoms with Gasteiger partial charge in [-0.3, -0.25) is 0 Å². The number of nitrogens with one attached hydrogen (secondary N) is 1. The first-order valence-corrected chi connectivity index (χ1v) is 4.89. The standard InChI is InChI=1S/C10H11FN6/c11-7-3-1-6(2-4-7)5-14-10-16-8(12)15-9(13)17-10/h1-4H,5H2,(H5,12,13,14,15,16,17). The van der Waals surface area contributed by atoms with Crippen LogP contribution in [0.1, 0.15) is 5.56 Å². The fourth-order valence-corrected chi connectivity index (χ4v) is 1.27. The molecule has 0 unspecified atom stereocenters. The molecule has 0 aliphatic carbocycles. The van der Waals surface area contributed by atoms with Crippen LogP contribution in [0, 0.1) is 5.82 Å². The van der Waals surface area contributed by atoms with E-state index in [1.807, 2.05) is 0 Å². The van der Waals surface area contributed by atoms with E-state index in [0.717, 1.165) is 5.56 Å². The summed E-state index contributed by atoms with van der Waals surface area (Å²) < 4.78 is 12.7. The number of aromatic nitrogens is 3. The SMILES string of the molecule is Nc1nc(N)nc(NCc2ccc(F)cc2)n1. The molecule has 1 aromatic heterocycles. The van der Waals surface area contributed by atoms with Crippen LogP contribution in [0.15, 0.2) is 24.3 Å². The summed E-state index contributed by atoms with van der Waals surface area (Å²) in [5, 5.41) is 2.92. The molecule has 17 heavy (non-hydrogen) atoms. The van der Waals surface area contributed by atoms with Crippen LogP contribution in [0.2, 0.25) is 0 Å². The molecule has 0 fully saturated rings. The zero-order chi connectivity index (χ0) is 12.3. The minimum absolute atomic E-state index is 0.0547. The molecular weight excluding hydrogens is 223 g/mol. The van der Waals surface area contributed by atoms with Crippen molar-refractivity contribution in [1.82, 2.24) is 15.0 Å². The van der Waals surface area contributed by atoms with Gasteiger partial charge in [0.25, 0.3) is 0 Å². The van der Waals surface area contributed by atoms with Crippen molar-refractivity contribution in [3.63, 3.8) is 0 Å². The minimum Gasteiger partial charge on any atom is -0.368 e. The Bertz CT molecular complexity index is 492. The van der Waals surface area contributed by atoms with Gasteiger partial charge in [-0.15, -0.1) is 0 Å². The third-order valence-corrected chi connectivity index (χ3v) is 2.03. The van der Waals surface area contributed by atoms with E-state index in [0.29, 0.717) is 12.5 Å². The Morgan fingerprint density at radius 3 is 2.18 bits per heavy atom. The predicted molar refractivity (Wildman–Crippen MR) is 62.4 cm³/mol. The molecule has 88 valence electrons. The molecule has 0 atom stereocenters. The summed E-state index contributed by atoms with van der Waals surface area (Å²) in [5.41, 5.74) is 11.7. The molecule has 0 spiro atoms. The predicted octanol–water partition coefficient (Wildman–Crippen LogP) is 0.787. The van der Waals surface area contributed by atoms with E-state index in [1.165, 1.54) is 12.1 Å². The van der Waals surface area contributed by atoms with Gasteiger partial charge >= 0.3 is 0 Å². The van der Waals surface area contributed by atoms with Crippen LogP contribution in [0.5, 0.6) is 0 Å². The van der Waals surface area contributed by atoms with E-state index >= 15 is 0 Å². The largest absolute Gasteiger partial charge is 0.368 e. The first-order chi connectivity index (χ1) is 8.13. The fourth-order valence-electron chi connectivity index (χ4n) is 1.27. The van der Waals surface area contributed by atoms with Crippen LogP contribution in [-0.2, 0) is 6.54 Å². The molecule has 0 aliphatic rings. The molecule has 6 nitrogen and oxygen atoms in total. The summed E-state index contributed by atoms with van der Waals surface area (Å²) in [5.74, 6) is 0.125. The molecule has 0 radical (unpaired) electrons. The van der Waals surface area contributed by atoms with Crippen LogP contribution in [0.25, 0.3) is 0 Å². The van der Waals surface area contributed by atoms with E-state index in [1.54, 1.807) is 12.1 Å². The smallest absolute Gasteiger partial charge is 0.229 e. The van der Waals surface area contributed by atoms with Gasteiger partial charge in [-0.25, -0.2) is 4.39 Å². The Balaban J connectivity index is 2.04. The van der Waals surface area contributed by atoms with Crippen molar-refractivity contribution in [1.29, 1.82) is 0 Å². The molecule has 1 heterocycles. The third-order valence-electron chi connectivity index (χ3n) is 2.03. The average Bonchev–Trinajstić information content (AvgIpc) is 2.27. The molecule has 0 saturated carbocycles. The summed E-state index contributed by atoms with van der Waals surface area (Å²) in [6, 6.07) is 6.09. The maximum Gasteiger partial charge on any atom is 0.229 e. The maximum absolute atomic E-state index is 12.7. The summed E-state index contributed by atoms with van der Waals surface area (Å²) in [7, 11) is 0. The fraction of sp³-hybridized carbons (Fsp3) is 0.100. The quantitative estimate of drug-likeness (QED) is 0.725. The first-order valence-electron chi connectivity index (χ1n) is 4.89. The van der Waals surface area contributed by atoms with Crippen LogP contribution < -0.4 is 16.8 Å². The molecule has 0 aliphatic heterocycles. The Morgan fingerprint density at radius 2 is 1.59 bits per heavy atom. The molecule has 0 bridgehead atoms. The van der Waals surface area contributed by atoms with Crippen molar-refractivity contribution in [2.75, 3.05) is 16.8 Å². The number of rotatable bonds is 3. The summed E-state index contributed by atoms with van der Waals surface area (Å²) in [6.07, 6.45) is 0. The number of nitrogen functional groups attached to an aromatic ring is 2.